The monoisotopic (exact) mass is 357 g/mol. The van der Waals surface area contributed by atoms with Gasteiger partial charge in [0.1, 0.15) is 11.8 Å². The molecule has 2 heterocycles. The zero-order valence-electron chi connectivity index (χ0n) is 14.7. The number of tetrazole rings is 1. The van der Waals surface area contributed by atoms with E-state index >= 15 is 0 Å². The van der Waals surface area contributed by atoms with Gasteiger partial charge in [0, 0.05) is 0 Å². The molecular formula is C18H23N5O3. The van der Waals surface area contributed by atoms with E-state index in [0.29, 0.717) is 24.1 Å². The van der Waals surface area contributed by atoms with Gasteiger partial charge < -0.3 is 15.2 Å². The number of carbonyl (C=O) groups is 1. The van der Waals surface area contributed by atoms with Crippen LogP contribution in [-0.2, 0) is 4.79 Å². The van der Waals surface area contributed by atoms with Gasteiger partial charge in [0.25, 0.3) is 0 Å². The van der Waals surface area contributed by atoms with Crippen LogP contribution in [0.1, 0.15) is 31.2 Å². The van der Waals surface area contributed by atoms with Gasteiger partial charge in [-0.3, -0.25) is 4.79 Å². The number of carboxylic acid groups (broad SMARTS) is 1. The number of rotatable bonds is 4. The van der Waals surface area contributed by atoms with Gasteiger partial charge >= 0.3 is 5.97 Å². The molecule has 26 heavy (non-hydrogen) atoms. The molecule has 0 amide bonds. The molecule has 4 rings (SSSR count). The molecule has 8 nitrogen and oxygen atoms in total. The summed E-state index contributed by atoms with van der Waals surface area (Å²) in [6.07, 6.45) is 3.66. The summed E-state index contributed by atoms with van der Waals surface area (Å²) in [6.45, 7) is 2.81. The van der Waals surface area contributed by atoms with Crippen LogP contribution < -0.4 is 10.1 Å². The molecule has 1 aromatic heterocycles. The average molecular weight is 357 g/mol. The van der Waals surface area contributed by atoms with Gasteiger partial charge in [-0.05, 0) is 73.9 Å². The summed E-state index contributed by atoms with van der Waals surface area (Å²) in [7, 11) is 0. The van der Waals surface area contributed by atoms with Gasteiger partial charge in [-0.25, -0.2) is 0 Å². The molecule has 1 saturated carbocycles. The summed E-state index contributed by atoms with van der Waals surface area (Å²) < 4.78 is 6.35. The van der Waals surface area contributed by atoms with Crippen molar-refractivity contribution in [2.24, 2.45) is 11.8 Å². The zero-order valence-corrected chi connectivity index (χ0v) is 14.7. The van der Waals surface area contributed by atoms with Crippen LogP contribution in [0, 0.1) is 18.8 Å². The summed E-state index contributed by atoms with van der Waals surface area (Å²) in [5.41, 5.74) is 1.92. The molecule has 8 heteroatoms. The molecule has 2 aromatic rings. The van der Waals surface area contributed by atoms with Crippen molar-refractivity contribution in [1.82, 2.24) is 25.9 Å². The Bertz CT molecular complexity index is 779. The first-order valence-electron chi connectivity index (χ1n) is 9.07. The third kappa shape index (κ3) is 3.41. The number of H-pyrrole nitrogens is 1. The summed E-state index contributed by atoms with van der Waals surface area (Å²) >= 11 is 0. The van der Waals surface area contributed by atoms with E-state index in [0.717, 1.165) is 42.7 Å². The van der Waals surface area contributed by atoms with E-state index in [1.807, 2.05) is 25.1 Å². The average Bonchev–Trinajstić information content (AvgIpc) is 3.15. The first-order valence-corrected chi connectivity index (χ1v) is 9.07. The summed E-state index contributed by atoms with van der Waals surface area (Å²) in [5, 5.41) is 26.7. The largest absolute Gasteiger partial charge is 0.490 e. The minimum atomic E-state index is -0.760. The number of aromatic nitrogens is 4. The second-order valence-electron chi connectivity index (χ2n) is 7.34. The van der Waals surface area contributed by atoms with Crippen molar-refractivity contribution in [2.45, 2.75) is 44.8 Å². The predicted octanol–water partition coefficient (Wildman–Crippen LogP) is 1.79. The van der Waals surface area contributed by atoms with Crippen LogP contribution in [0.25, 0.3) is 11.4 Å². The molecule has 0 spiro atoms. The number of aromatic amines is 1. The van der Waals surface area contributed by atoms with E-state index in [4.69, 9.17) is 4.74 Å². The van der Waals surface area contributed by atoms with Crippen LogP contribution >= 0.6 is 0 Å². The number of aryl methyl sites for hydroxylation is 1. The number of ether oxygens (including phenoxy) is 1. The fraction of sp³-hybridized carbons (Fsp3) is 0.556. The summed E-state index contributed by atoms with van der Waals surface area (Å²) in [5.74, 6) is 1.44. The Morgan fingerprint density at radius 3 is 2.92 bits per heavy atom. The molecule has 0 bridgehead atoms. The molecule has 1 saturated heterocycles. The van der Waals surface area contributed by atoms with Crippen molar-refractivity contribution in [3.8, 4) is 17.1 Å². The quantitative estimate of drug-likeness (QED) is 0.764. The SMILES string of the molecule is Cc1ccc(-c2nn[nH]n2)c(O[C@H]2CCC3CN[C@H](C(=O)O)CC3C2)c1. The summed E-state index contributed by atoms with van der Waals surface area (Å²) in [6, 6.07) is 5.51. The Morgan fingerprint density at radius 2 is 2.15 bits per heavy atom. The molecular weight excluding hydrogens is 334 g/mol. The second-order valence-corrected chi connectivity index (χ2v) is 7.34. The number of benzene rings is 1. The maximum atomic E-state index is 11.3. The van der Waals surface area contributed by atoms with Crippen LogP contribution in [0.5, 0.6) is 5.75 Å². The highest BCUT2D eigenvalue weighted by atomic mass is 16.5. The van der Waals surface area contributed by atoms with Gasteiger partial charge in [0.2, 0.25) is 5.82 Å². The molecule has 2 fully saturated rings. The maximum absolute atomic E-state index is 11.3. The van der Waals surface area contributed by atoms with E-state index in [-0.39, 0.29) is 6.10 Å². The van der Waals surface area contributed by atoms with Gasteiger partial charge in [-0.1, -0.05) is 6.07 Å². The van der Waals surface area contributed by atoms with Crippen molar-refractivity contribution >= 4 is 5.97 Å². The molecule has 1 aromatic carbocycles. The number of nitrogens with zero attached hydrogens (tertiary/aromatic N) is 3. The van der Waals surface area contributed by atoms with E-state index in [1.165, 1.54) is 0 Å². The predicted molar refractivity (Wildman–Crippen MR) is 93.6 cm³/mol. The Morgan fingerprint density at radius 1 is 1.27 bits per heavy atom. The first kappa shape index (κ1) is 17.0. The number of aliphatic carboxylic acids is 1. The Hall–Kier alpha value is -2.48. The van der Waals surface area contributed by atoms with E-state index in [1.54, 1.807) is 0 Å². The van der Waals surface area contributed by atoms with Crippen LogP contribution in [-0.4, -0.2) is 50.4 Å². The van der Waals surface area contributed by atoms with Crippen LogP contribution in [0.15, 0.2) is 18.2 Å². The van der Waals surface area contributed by atoms with E-state index in [2.05, 4.69) is 25.9 Å². The molecule has 1 aliphatic heterocycles. The van der Waals surface area contributed by atoms with Gasteiger partial charge in [-0.15, -0.1) is 10.2 Å². The lowest BCUT2D eigenvalue weighted by atomic mass is 9.72. The van der Waals surface area contributed by atoms with Gasteiger partial charge in [-0.2, -0.15) is 5.21 Å². The lowest BCUT2D eigenvalue weighted by molar-refractivity contribution is -0.141. The van der Waals surface area contributed by atoms with Crippen molar-refractivity contribution in [2.75, 3.05) is 6.54 Å². The molecule has 4 atom stereocenters. The molecule has 0 radical (unpaired) electrons. The fourth-order valence-corrected chi connectivity index (χ4v) is 4.18. The Balaban J connectivity index is 1.50. The third-order valence-electron chi connectivity index (χ3n) is 5.57. The van der Waals surface area contributed by atoms with Gasteiger partial charge in [0.05, 0.1) is 11.7 Å². The molecule has 138 valence electrons. The van der Waals surface area contributed by atoms with E-state index in [9.17, 15) is 9.90 Å². The molecule has 2 aliphatic rings. The number of nitrogens with one attached hydrogen (secondary N) is 2. The van der Waals surface area contributed by atoms with Crippen molar-refractivity contribution < 1.29 is 14.6 Å². The van der Waals surface area contributed by atoms with Crippen LogP contribution in [0.4, 0.5) is 0 Å². The number of carboxylic acids is 1. The highest BCUT2D eigenvalue weighted by molar-refractivity contribution is 5.73. The molecule has 3 N–H and O–H groups in total. The number of fused-ring (bicyclic) bond motifs is 1. The van der Waals surface area contributed by atoms with Crippen molar-refractivity contribution in [3.63, 3.8) is 0 Å². The summed E-state index contributed by atoms with van der Waals surface area (Å²) in [4.78, 5) is 11.3. The number of hydrogen-bond acceptors (Lipinski definition) is 6. The fourth-order valence-electron chi connectivity index (χ4n) is 4.18. The third-order valence-corrected chi connectivity index (χ3v) is 5.57. The lowest BCUT2D eigenvalue weighted by Crippen LogP contribution is -2.50. The zero-order chi connectivity index (χ0) is 18.1. The Labute approximate surface area is 151 Å². The lowest BCUT2D eigenvalue weighted by Gasteiger charge is -2.41. The second kappa shape index (κ2) is 7.03. The van der Waals surface area contributed by atoms with Crippen LogP contribution in [0.2, 0.25) is 0 Å². The van der Waals surface area contributed by atoms with E-state index < -0.39 is 12.0 Å². The minimum Gasteiger partial charge on any atom is -0.490 e. The van der Waals surface area contributed by atoms with Gasteiger partial charge in [0.15, 0.2) is 0 Å². The first-order chi connectivity index (χ1) is 12.6. The highest BCUT2D eigenvalue weighted by Gasteiger charge is 2.38. The van der Waals surface area contributed by atoms with Crippen LogP contribution in [0.3, 0.4) is 0 Å². The molecule has 2 unspecified atom stereocenters. The number of piperidine rings is 1. The van der Waals surface area contributed by atoms with Crippen molar-refractivity contribution in [3.05, 3.63) is 23.8 Å². The minimum absolute atomic E-state index is 0.0799. The standard InChI is InChI=1S/C18H23N5O3/c1-10-2-5-14(17-20-22-23-21-17)16(6-10)26-13-4-3-11-9-19-15(18(24)25)8-12(11)7-13/h2,5-6,11-13,15,19H,3-4,7-9H2,1H3,(H,24,25)(H,20,21,22,23)/t11?,12?,13-,15-/m0/s1. The van der Waals surface area contributed by atoms with Crippen molar-refractivity contribution in [1.29, 1.82) is 0 Å². The topological polar surface area (TPSA) is 113 Å². The number of hydrogen-bond donors (Lipinski definition) is 3. The smallest absolute Gasteiger partial charge is 0.320 e. The highest BCUT2D eigenvalue weighted by Crippen LogP contribution is 2.38. The molecule has 1 aliphatic carbocycles. The Kier molecular flexibility index (Phi) is 4.58. The maximum Gasteiger partial charge on any atom is 0.320 e. The normalized spacial score (nSPS) is 28.3.